The minimum absolute atomic E-state index is 0. The maximum Gasteiger partial charge on any atom is -0.0388 e. The van der Waals surface area contributed by atoms with Gasteiger partial charge in [0.2, 0.25) is 0 Å². The third kappa shape index (κ3) is 1.48. The SMILES string of the molecule is CCC1CC1C.N. The third-order valence-corrected chi connectivity index (χ3v) is 1.80. The quantitative estimate of drug-likeness (QED) is 0.540. The van der Waals surface area contributed by atoms with Crippen molar-refractivity contribution in [2.24, 2.45) is 11.8 Å². The van der Waals surface area contributed by atoms with Crippen LogP contribution >= 0.6 is 0 Å². The van der Waals surface area contributed by atoms with Crippen molar-refractivity contribution in [1.29, 1.82) is 0 Å². The van der Waals surface area contributed by atoms with Crippen molar-refractivity contribution in [2.45, 2.75) is 26.7 Å². The van der Waals surface area contributed by atoms with Crippen LogP contribution in [0.15, 0.2) is 0 Å². The molecule has 1 heteroatoms. The van der Waals surface area contributed by atoms with Crippen LogP contribution in [0.4, 0.5) is 0 Å². The lowest BCUT2D eigenvalue weighted by Crippen LogP contribution is -1.68. The number of hydrogen-bond acceptors (Lipinski definition) is 1. The molecular formula is C6H15N. The van der Waals surface area contributed by atoms with E-state index in [-0.39, 0.29) is 6.15 Å². The Balaban J connectivity index is 0.000000360. The van der Waals surface area contributed by atoms with Crippen molar-refractivity contribution in [1.82, 2.24) is 6.15 Å². The van der Waals surface area contributed by atoms with Gasteiger partial charge in [-0.1, -0.05) is 20.3 Å². The van der Waals surface area contributed by atoms with Crippen molar-refractivity contribution in [2.75, 3.05) is 0 Å². The molecule has 7 heavy (non-hydrogen) atoms. The zero-order valence-corrected chi connectivity index (χ0v) is 5.28. The maximum absolute atomic E-state index is 2.33. The topological polar surface area (TPSA) is 35.0 Å². The van der Waals surface area contributed by atoms with Gasteiger partial charge in [-0.25, -0.2) is 0 Å². The Morgan fingerprint density at radius 1 is 1.57 bits per heavy atom. The largest absolute Gasteiger partial charge is 0.344 e. The normalized spacial score (nSPS) is 36.9. The molecule has 1 nitrogen and oxygen atoms in total. The molecule has 1 rings (SSSR count). The van der Waals surface area contributed by atoms with Crippen LogP contribution in [-0.2, 0) is 0 Å². The molecule has 1 aliphatic carbocycles. The number of rotatable bonds is 1. The maximum atomic E-state index is 2.33. The molecule has 0 heterocycles. The van der Waals surface area contributed by atoms with Gasteiger partial charge in [0, 0.05) is 0 Å². The molecule has 0 bridgehead atoms. The Hall–Kier alpha value is -0.0400. The van der Waals surface area contributed by atoms with Gasteiger partial charge in [-0.3, -0.25) is 0 Å². The summed E-state index contributed by atoms with van der Waals surface area (Å²) in [7, 11) is 0. The van der Waals surface area contributed by atoms with E-state index in [0.29, 0.717) is 0 Å². The average Bonchev–Trinajstić information content (AvgIpc) is 2.19. The Bertz CT molecular complexity index is 50.1. The van der Waals surface area contributed by atoms with Crippen LogP contribution in [0.3, 0.4) is 0 Å². The average molecular weight is 101 g/mol. The zero-order chi connectivity index (χ0) is 4.57. The molecule has 0 radical (unpaired) electrons. The van der Waals surface area contributed by atoms with Gasteiger partial charge >= 0.3 is 0 Å². The lowest BCUT2D eigenvalue weighted by atomic mass is 10.3. The molecular weight excluding hydrogens is 86.1 g/mol. The van der Waals surface area contributed by atoms with Gasteiger partial charge in [-0.15, -0.1) is 0 Å². The Labute approximate surface area is 45.7 Å². The first kappa shape index (κ1) is 6.96. The second kappa shape index (κ2) is 2.31. The first-order chi connectivity index (χ1) is 2.84. The van der Waals surface area contributed by atoms with E-state index < -0.39 is 0 Å². The van der Waals surface area contributed by atoms with Gasteiger partial charge in [-0.05, 0) is 18.3 Å². The standard InChI is InChI=1S/C6H12.H3N/c1-3-6-4-5(6)2;/h5-6H,3-4H2,1-2H3;1H3. The van der Waals surface area contributed by atoms with E-state index in [2.05, 4.69) is 13.8 Å². The monoisotopic (exact) mass is 101 g/mol. The van der Waals surface area contributed by atoms with E-state index in [9.17, 15) is 0 Å². The molecule has 3 N–H and O–H groups in total. The summed E-state index contributed by atoms with van der Waals surface area (Å²) in [5.41, 5.74) is 0. The van der Waals surface area contributed by atoms with Gasteiger partial charge in [0.15, 0.2) is 0 Å². The van der Waals surface area contributed by atoms with Crippen molar-refractivity contribution in [3.05, 3.63) is 0 Å². The summed E-state index contributed by atoms with van der Waals surface area (Å²) < 4.78 is 0. The summed E-state index contributed by atoms with van der Waals surface area (Å²) in [6.07, 6.45) is 2.90. The lowest BCUT2D eigenvalue weighted by Gasteiger charge is -1.79. The molecule has 0 aromatic heterocycles. The second-order valence-corrected chi connectivity index (χ2v) is 2.38. The molecule has 0 amide bonds. The Kier molecular flexibility index (Phi) is 2.30. The fraction of sp³-hybridized carbons (Fsp3) is 1.00. The van der Waals surface area contributed by atoms with Crippen LogP contribution in [-0.4, -0.2) is 0 Å². The first-order valence-corrected chi connectivity index (χ1v) is 2.84. The van der Waals surface area contributed by atoms with Gasteiger partial charge in [0.1, 0.15) is 0 Å². The lowest BCUT2D eigenvalue weighted by molar-refractivity contribution is 0.724. The van der Waals surface area contributed by atoms with Crippen LogP contribution < -0.4 is 6.15 Å². The summed E-state index contributed by atoms with van der Waals surface area (Å²) in [6, 6.07) is 0. The predicted molar refractivity (Wildman–Crippen MR) is 32.6 cm³/mol. The number of hydrogen-bond donors (Lipinski definition) is 1. The molecule has 1 saturated carbocycles. The summed E-state index contributed by atoms with van der Waals surface area (Å²) in [5, 5.41) is 0. The molecule has 0 aromatic rings. The van der Waals surface area contributed by atoms with Gasteiger partial charge in [0.25, 0.3) is 0 Å². The predicted octanol–water partition coefficient (Wildman–Crippen LogP) is 2.21. The van der Waals surface area contributed by atoms with Gasteiger partial charge in [0.05, 0.1) is 0 Å². The van der Waals surface area contributed by atoms with Crippen molar-refractivity contribution in [3.8, 4) is 0 Å². The van der Waals surface area contributed by atoms with Crippen molar-refractivity contribution < 1.29 is 0 Å². The smallest absolute Gasteiger partial charge is 0.0388 e. The highest BCUT2D eigenvalue weighted by molar-refractivity contribution is 4.80. The molecule has 0 aliphatic heterocycles. The van der Waals surface area contributed by atoms with Crippen LogP contribution in [0.1, 0.15) is 26.7 Å². The highest BCUT2D eigenvalue weighted by Gasteiger charge is 2.29. The summed E-state index contributed by atoms with van der Waals surface area (Å²) in [4.78, 5) is 0. The fourth-order valence-corrected chi connectivity index (χ4v) is 0.968. The van der Waals surface area contributed by atoms with Gasteiger partial charge in [-0.2, -0.15) is 0 Å². The van der Waals surface area contributed by atoms with Crippen molar-refractivity contribution in [3.63, 3.8) is 0 Å². The molecule has 0 saturated heterocycles. The highest BCUT2D eigenvalue weighted by Crippen LogP contribution is 2.39. The van der Waals surface area contributed by atoms with E-state index in [1.165, 1.54) is 12.8 Å². The fourth-order valence-electron chi connectivity index (χ4n) is 0.968. The summed E-state index contributed by atoms with van der Waals surface area (Å²) in [6.45, 7) is 4.60. The highest BCUT2D eigenvalue weighted by atomic mass is 14.3. The molecule has 1 aliphatic rings. The molecule has 1 fully saturated rings. The molecule has 0 aromatic carbocycles. The van der Waals surface area contributed by atoms with Crippen LogP contribution in [0.5, 0.6) is 0 Å². The summed E-state index contributed by atoms with van der Waals surface area (Å²) in [5.74, 6) is 2.17. The molecule has 2 unspecified atom stereocenters. The van der Waals surface area contributed by atoms with E-state index in [1.54, 1.807) is 0 Å². The minimum atomic E-state index is 0. The molecule has 2 atom stereocenters. The Morgan fingerprint density at radius 3 is 2.00 bits per heavy atom. The molecule has 44 valence electrons. The minimum Gasteiger partial charge on any atom is -0.344 e. The van der Waals surface area contributed by atoms with E-state index in [1.807, 2.05) is 0 Å². The Morgan fingerprint density at radius 2 is 2.00 bits per heavy atom. The second-order valence-electron chi connectivity index (χ2n) is 2.38. The van der Waals surface area contributed by atoms with Crippen LogP contribution in [0.2, 0.25) is 0 Å². The first-order valence-electron chi connectivity index (χ1n) is 2.84. The summed E-state index contributed by atoms with van der Waals surface area (Å²) >= 11 is 0. The third-order valence-electron chi connectivity index (χ3n) is 1.80. The van der Waals surface area contributed by atoms with E-state index in [0.717, 1.165) is 11.8 Å². The molecule has 0 spiro atoms. The van der Waals surface area contributed by atoms with E-state index in [4.69, 9.17) is 0 Å². The van der Waals surface area contributed by atoms with Crippen molar-refractivity contribution >= 4 is 0 Å². The van der Waals surface area contributed by atoms with Gasteiger partial charge < -0.3 is 6.15 Å². The van der Waals surface area contributed by atoms with E-state index >= 15 is 0 Å². The van der Waals surface area contributed by atoms with Crippen LogP contribution in [0, 0.1) is 11.8 Å². The zero-order valence-electron chi connectivity index (χ0n) is 5.28. The van der Waals surface area contributed by atoms with Crippen LogP contribution in [0.25, 0.3) is 0 Å².